The Labute approximate surface area is 88.4 Å². The van der Waals surface area contributed by atoms with Gasteiger partial charge in [0.25, 0.3) is 0 Å². The second-order valence-electron chi connectivity index (χ2n) is 3.19. The smallest absolute Gasteiger partial charge is 0.153 e. The summed E-state index contributed by atoms with van der Waals surface area (Å²) in [6, 6.07) is 3.86. The zero-order valence-electron chi connectivity index (χ0n) is 8.63. The van der Waals surface area contributed by atoms with Crippen LogP contribution in [0.4, 0.5) is 4.39 Å². The lowest BCUT2D eigenvalue weighted by Crippen LogP contribution is -2.02. The minimum Gasteiger partial charge on any atom is -0.489 e. The minimum absolute atomic E-state index is 0.221. The maximum Gasteiger partial charge on any atom is 0.153 e. The van der Waals surface area contributed by atoms with E-state index in [4.69, 9.17) is 4.74 Å². The van der Waals surface area contributed by atoms with Gasteiger partial charge in [-0.2, -0.15) is 0 Å². The summed E-state index contributed by atoms with van der Waals surface area (Å²) >= 11 is 0. The standard InChI is InChI=1S/C12H13FO2/c1-3-9(2)8-15-12-5-4-11(13)6-10(12)7-14/h4-7H,2-3,8H2,1H3. The van der Waals surface area contributed by atoms with Crippen molar-refractivity contribution in [3.8, 4) is 5.75 Å². The topological polar surface area (TPSA) is 26.3 Å². The van der Waals surface area contributed by atoms with Gasteiger partial charge in [0.05, 0.1) is 5.56 Å². The Kier molecular flexibility index (Phi) is 4.03. The average Bonchev–Trinajstić information content (AvgIpc) is 2.26. The molecule has 1 aromatic rings. The van der Waals surface area contributed by atoms with Crippen molar-refractivity contribution in [2.45, 2.75) is 13.3 Å². The molecule has 2 nitrogen and oxygen atoms in total. The lowest BCUT2D eigenvalue weighted by atomic mass is 10.2. The van der Waals surface area contributed by atoms with E-state index in [0.29, 0.717) is 18.6 Å². The average molecular weight is 208 g/mol. The van der Waals surface area contributed by atoms with Crippen LogP contribution in [-0.4, -0.2) is 12.9 Å². The van der Waals surface area contributed by atoms with Crippen LogP contribution in [0.3, 0.4) is 0 Å². The fourth-order valence-electron chi connectivity index (χ4n) is 1.02. The fourth-order valence-corrected chi connectivity index (χ4v) is 1.02. The third-order valence-corrected chi connectivity index (χ3v) is 2.03. The fraction of sp³-hybridized carbons (Fsp3) is 0.250. The molecular formula is C12H13FO2. The highest BCUT2D eigenvalue weighted by Gasteiger charge is 2.04. The van der Waals surface area contributed by atoms with Gasteiger partial charge in [0.2, 0.25) is 0 Å². The zero-order valence-corrected chi connectivity index (χ0v) is 8.63. The maximum atomic E-state index is 12.8. The molecule has 0 saturated heterocycles. The van der Waals surface area contributed by atoms with Crippen LogP contribution in [0.2, 0.25) is 0 Å². The summed E-state index contributed by atoms with van der Waals surface area (Å²) in [5.41, 5.74) is 1.15. The molecule has 80 valence electrons. The van der Waals surface area contributed by atoms with Gasteiger partial charge in [0.1, 0.15) is 18.2 Å². The molecule has 1 rings (SSSR count). The van der Waals surface area contributed by atoms with E-state index in [1.807, 2.05) is 6.92 Å². The summed E-state index contributed by atoms with van der Waals surface area (Å²) in [5, 5.41) is 0. The first-order valence-corrected chi connectivity index (χ1v) is 4.71. The zero-order chi connectivity index (χ0) is 11.3. The molecule has 0 heterocycles. The van der Waals surface area contributed by atoms with Crippen molar-refractivity contribution in [1.29, 1.82) is 0 Å². The van der Waals surface area contributed by atoms with Crippen LogP contribution < -0.4 is 4.74 Å². The second kappa shape index (κ2) is 5.29. The van der Waals surface area contributed by atoms with Gasteiger partial charge in [-0.3, -0.25) is 4.79 Å². The molecule has 15 heavy (non-hydrogen) atoms. The largest absolute Gasteiger partial charge is 0.489 e. The van der Waals surface area contributed by atoms with Crippen LogP contribution >= 0.6 is 0 Å². The molecule has 0 saturated carbocycles. The van der Waals surface area contributed by atoms with Crippen LogP contribution in [0, 0.1) is 5.82 Å². The number of rotatable bonds is 5. The third-order valence-electron chi connectivity index (χ3n) is 2.03. The number of carbonyl (C=O) groups is 1. The van der Waals surface area contributed by atoms with E-state index < -0.39 is 5.82 Å². The van der Waals surface area contributed by atoms with E-state index in [2.05, 4.69) is 6.58 Å². The molecule has 0 aliphatic carbocycles. The molecule has 0 aliphatic rings. The van der Waals surface area contributed by atoms with Crippen molar-refractivity contribution in [2.75, 3.05) is 6.61 Å². The van der Waals surface area contributed by atoms with Gasteiger partial charge in [-0.1, -0.05) is 13.5 Å². The van der Waals surface area contributed by atoms with Gasteiger partial charge in [-0.15, -0.1) is 0 Å². The Morgan fingerprint density at radius 1 is 1.60 bits per heavy atom. The highest BCUT2D eigenvalue weighted by molar-refractivity contribution is 5.79. The lowest BCUT2D eigenvalue weighted by Gasteiger charge is -2.08. The second-order valence-corrected chi connectivity index (χ2v) is 3.19. The number of carbonyl (C=O) groups excluding carboxylic acids is 1. The minimum atomic E-state index is -0.446. The van der Waals surface area contributed by atoms with Gasteiger partial charge in [0, 0.05) is 0 Å². The van der Waals surface area contributed by atoms with Crippen LogP contribution in [0.25, 0.3) is 0 Å². The monoisotopic (exact) mass is 208 g/mol. The normalized spacial score (nSPS) is 9.73. The molecule has 0 amide bonds. The summed E-state index contributed by atoms with van der Waals surface area (Å²) in [7, 11) is 0. The van der Waals surface area contributed by atoms with E-state index >= 15 is 0 Å². The van der Waals surface area contributed by atoms with Gasteiger partial charge >= 0.3 is 0 Å². The first kappa shape index (κ1) is 11.4. The SMILES string of the molecule is C=C(CC)COc1ccc(F)cc1C=O. The molecule has 0 unspecified atom stereocenters. The van der Waals surface area contributed by atoms with Gasteiger partial charge < -0.3 is 4.74 Å². The van der Waals surface area contributed by atoms with Crippen LogP contribution in [-0.2, 0) is 0 Å². The quantitative estimate of drug-likeness (QED) is 0.549. The Morgan fingerprint density at radius 2 is 2.33 bits per heavy atom. The molecule has 0 aliphatic heterocycles. The lowest BCUT2D eigenvalue weighted by molar-refractivity contribution is 0.111. The van der Waals surface area contributed by atoms with Crippen LogP contribution in [0.15, 0.2) is 30.4 Å². The number of hydrogen-bond donors (Lipinski definition) is 0. The highest BCUT2D eigenvalue weighted by Crippen LogP contribution is 2.18. The number of halogens is 1. The molecule has 0 aromatic heterocycles. The third kappa shape index (κ3) is 3.20. The van der Waals surface area contributed by atoms with E-state index in [9.17, 15) is 9.18 Å². The van der Waals surface area contributed by atoms with Gasteiger partial charge in [0.15, 0.2) is 6.29 Å². The summed E-state index contributed by atoms with van der Waals surface area (Å²) in [6.07, 6.45) is 1.39. The molecule has 1 aromatic carbocycles. The predicted octanol–water partition coefficient (Wildman–Crippen LogP) is 2.98. The predicted molar refractivity (Wildman–Crippen MR) is 56.7 cm³/mol. The van der Waals surface area contributed by atoms with Crippen molar-refractivity contribution in [3.63, 3.8) is 0 Å². The molecular weight excluding hydrogens is 195 g/mol. The van der Waals surface area contributed by atoms with Crippen molar-refractivity contribution in [3.05, 3.63) is 41.7 Å². The first-order valence-electron chi connectivity index (χ1n) is 4.71. The summed E-state index contributed by atoms with van der Waals surface area (Å²) in [6.45, 7) is 6.09. The number of ether oxygens (including phenoxy) is 1. The summed E-state index contributed by atoms with van der Waals surface area (Å²) in [5.74, 6) is -0.0558. The molecule has 0 N–H and O–H groups in total. The van der Waals surface area contributed by atoms with E-state index in [1.54, 1.807) is 0 Å². The Bertz CT molecular complexity index is 372. The molecule has 0 spiro atoms. The molecule has 0 fully saturated rings. The highest BCUT2D eigenvalue weighted by atomic mass is 19.1. The number of benzene rings is 1. The Morgan fingerprint density at radius 3 is 2.93 bits per heavy atom. The molecule has 0 bridgehead atoms. The number of hydrogen-bond acceptors (Lipinski definition) is 2. The van der Waals surface area contributed by atoms with Crippen LogP contribution in [0.1, 0.15) is 23.7 Å². The number of aldehydes is 1. The van der Waals surface area contributed by atoms with Crippen molar-refractivity contribution in [2.24, 2.45) is 0 Å². The van der Waals surface area contributed by atoms with Gasteiger partial charge in [-0.05, 0) is 30.2 Å². The van der Waals surface area contributed by atoms with E-state index in [0.717, 1.165) is 18.1 Å². The van der Waals surface area contributed by atoms with Gasteiger partial charge in [-0.25, -0.2) is 4.39 Å². The van der Waals surface area contributed by atoms with Crippen molar-refractivity contribution in [1.82, 2.24) is 0 Å². The molecule has 3 heteroatoms. The molecule has 0 radical (unpaired) electrons. The summed E-state index contributed by atoms with van der Waals surface area (Å²) < 4.78 is 18.1. The van der Waals surface area contributed by atoms with E-state index in [-0.39, 0.29) is 5.56 Å². The Hall–Kier alpha value is -1.64. The van der Waals surface area contributed by atoms with E-state index in [1.165, 1.54) is 12.1 Å². The Balaban J connectivity index is 2.76. The van der Waals surface area contributed by atoms with Crippen molar-refractivity contribution < 1.29 is 13.9 Å². The summed E-state index contributed by atoms with van der Waals surface area (Å²) in [4.78, 5) is 10.6. The molecule has 0 atom stereocenters. The maximum absolute atomic E-state index is 12.8. The first-order chi connectivity index (χ1) is 7.17. The van der Waals surface area contributed by atoms with Crippen LogP contribution in [0.5, 0.6) is 5.75 Å². The van der Waals surface area contributed by atoms with Crippen molar-refractivity contribution >= 4 is 6.29 Å².